The summed E-state index contributed by atoms with van der Waals surface area (Å²) < 4.78 is 4.50. The van der Waals surface area contributed by atoms with Crippen molar-refractivity contribution in [1.82, 2.24) is 29.1 Å². The van der Waals surface area contributed by atoms with E-state index in [2.05, 4.69) is 106 Å². The molecular weight excluding hydrogens is 540 g/mol. The summed E-state index contributed by atoms with van der Waals surface area (Å²) in [5.74, 6) is 0. The van der Waals surface area contributed by atoms with Crippen LogP contribution in [0.4, 0.5) is 0 Å². The summed E-state index contributed by atoms with van der Waals surface area (Å²) in [6, 6.07) is 45.8. The zero-order chi connectivity index (χ0) is 29.0. The van der Waals surface area contributed by atoms with E-state index in [1.165, 1.54) is 0 Å². The molecule has 206 valence electrons. The lowest BCUT2D eigenvalue weighted by molar-refractivity contribution is 1.16. The first kappa shape index (κ1) is 24.5. The van der Waals surface area contributed by atoms with Gasteiger partial charge in [-0.15, -0.1) is 0 Å². The maximum atomic E-state index is 5.25. The van der Waals surface area contributed by atoms with Crippen molar-refractivity contribution in [3.63, 3.8) is 0 Å². The quantitative estimate of drug-likeness (QED) is 0.214. The number of para-hydroxylation sites is 1. The Morgan fingerprint density at radius 1 is 0.364 bits per heavy atom. The second-order valence-corrected chi connectivity index (χ2v) is 10.8. The summed E-state index contributed by atoms with van der Waals surface area (Å²) in [5, 5.41) is 0. The zero-order valence-electron chi connectivity index (χ0n) is 23.5. The second kappa shape index (κ2) is 9.71. The molecule has 0 aliphatic carbocycles. The molecule has 0 atom stereocenters. The minimum atomic E-state index is 0.854. The molecule has 6 heteroatoms. The molecular formula is C38H24N6. The van der Waals surface area contributed by atoms with Gasteiger partial charge in [-0.1, -0.05) is 66.7 Å². The van der Waals surface area contributed by atoms with E-state index in [0.717, 1.165) is 78.0 Å². The molecule has 0 bridgehead atoms. The highest BCUT2D eigenvalue weighted by Crippen LogP contribution is 2.36. The van der Waals surface area contributed by atoms with Crippen LogP contribution in [0.15, 0.2) is 146 Å². The topological polar surface area (TPSA) is 61.4 Å². The summed E-state index contributed by atoms with van der Waals surface area (Å²) in [6.07, 6.45) is 3.66. The van der Waals surface area contributed by atoms with Gasteiger partial charge in [0.25, 0.3) is 0 Å². The molecule has 0 amide bonds. The number of hydrogen-bond donors (Lipinski definition) is 0. The average molecular weight is 565 g/mol. The fourth-order valence-corrected chi connectivity index (χ4v) is 6.24. The first-order valence-electron chi connectivity index (χ1n) is 14.6. The van der Waals surface area contributed by atoms with Gasteiger partial charge >= 0.3 is 0 Å². The van der Waals surface area contributed by atoms with Crippen LogP contribution in [-0.4, -0.2) is 29.1 Å². The highest BCUT2D eigenvalue weighted by molar-refractivity contribution is 6.13. The number of benzene rings is 3. The van der Waals surface area contributed by atoms with Crippen molar-refractivity contribution in [2.75, 3.05) is 0 Å². The van der Waals surface area contributed by atoms with Crippen LogP contribution in [0.2, 0.25) is 0 Å². The highest BCUT2D eigenvalue weighted by Gasteiger charge is 2.20. The highest BCUT2D eigenvalue weighted by atomic mass is 15.1. The molecule has 6 nitrogen and oxygen atoms in total. The smallest absolute Gasteiger partial charge is 0.116 e. The molecule has 0 aliphatic rings. The molecule has 3 aromatic carbocycles. The Bertz CT molecular complexity index is 2480. The van der Waals surface area contributed by atoms with E-state index < -0.39 is 0 Å². The van der Waals surface area contributed by atoms with Gasteiger partial charge in [0.2, 0.25) is 0 Å². The van der Waals surface area contributed by atoms with E-state index >= 15 is 0 Å². The van der Waals surface area contributed by atoms with Gasteiger partial charge in [-0.3, -0.25) is 9.97 Å². The van der Waals surface area contributed by atoms with Crippen LogP contribution >= 0.6 is 0 Å². The van der Waals surface area contributed by atoms with Gasteiger partial charge in [-0.25, -0.2) is 9.97 Å². The van der Waals surface area contributed by atoms with Crippen LogP contribution in [0.3, 0.4) is 0 Å². The molecule has 0 saturated carbocycles. The van der Waals surface area contributed by atoms with Crippen LogP contribution in [0.25, 0.3) is 78.0 Å². The maximum Gasteiger partial charge on any atom is 0.116 e. The van der Waals surface area contributed by atoms with Gasteiger partial charge in [-0.05, 0) is 66.7 Å². The molecule has 0 fully saturated rings. The fourth-order valence-electron chi connectivity index (χ4n) is 6.24. The number of hydrogen-bond acceptors (Lipinski definition) is 4. The van der Waals surface area contributed by atoms with Crippen LogP contribution in [-0.2, 0) is 0 Å². The van der Waals surface area contributed by atoms with E-state index in [1.807, 2.05) is 48.8 Å². The van der Waals surface area contributed by atoms with Crippen molar-refractivity contribution in [2.24, 2.45) is 0 Å². The zero-order valence-corrected chi connectivity index (χ0v) is 23.5. The standard InChI is InChI=1S/C38H24N6/c1-3-10-25(11-4-1)29-14-7-15-30(41-29)26-18-20-28(21-19-26)44-32-17-9-23-40-36(32)38-34(44)24-33-37(42-38)35-31(16-8-22-39-35)43(33)27-12-5-2-6-13-27/h1-24H. The van der Waals surface area contributed by atoms with Crippen LogP contribution < -0.4 is 0 Å². The number of pyridine rings is 4. The molecule has 44 heavy (non-hydrogen) atoms. The fraction of sp³-hybridized carbons (Fsp3) is 0. The van der Waals surface area contributed by atoms with Crippen molar-refractivity contribution in [3.8, 4) is 33.9 Å². The number of rotatable bonds is 4. The predicted molar refractivity (Wildman–Crippen MR) is 177 cm³/mol. The summed E-state index contributed by atoms with van der Waals surface area (Å²) in [7, 11) is 0. The molecule has 0 radical (unpaired) electrons. The molecule has 9 aromatic rings. The molecule has 9 rings (SSSR count). The van der Waals surface area contributed by atoms with Gasteiger partial charge in [-0.2, -0.15) is 0 Å². The van der Waals surface area contributed by atoms with Gasteiger partial charge < -0.3 is 9.13 Å². The largest absolute Gasteiger partial charge is 0.306 e. The Labute approximate surface area is 252 Å². The van der Waals surface area contributed by atoms with Crippen LogP contribution in [0.5, 0.6) is 0 Å². The molecule has 0 aliphatic heterocycles. The Balaban J connectivity index is 1.25. The first-order valence-corrected chi connectivity index (χ1v) is 14.6. The molecule has 6 heterocycles. The first-order chi connectivity index (χ1) is 21.8. The minimum absolute atomic E-state index is 0.854. The Morgan fingerprint density at radius 3 is 1.48 bits per heavy atom. The lowest BCUT2D eigenvalue weighted by Crippen LogP contribution is -1.96. The number of aromatic nitrogens is 6. The van der Waals surface area contributed by atoms with Crippen molar-refractivity contribution in [2.45, 2.75) is 0 Å². The maximum absolute atomic E-state index is 5.25. The monoisotopic (exact) mass is 564 g/mol. The van der Waals surface area contributed by atoms with Gasteiger partial charge in [0.05, 0.1) is 33.5 Å². The van der Waals surface area contributed by atoms with E-state index in [0.29, 0.717) is 0 Å². The van der Waals surface area contributed by atoms with Gasteiger partial charge in [0.1, 0.15) is 22.1 Å². The van der Waals surface area contributed by atoms with E-state index in [-0.39, 0.29) is 0 Å². The normalized spacial score (nSPS) is 11.6. The molecule has 0 unspecified atom stereocenters. The molecule has 0 saturated heterocycles. The van der Waals surface area contributed by atoms with Crippen LogP contribution in [0, 0.1) is 0 Å². The average Bonchev–Trinajstić information content (AvgIpc) is 3.60. The van der Waals surface area contributed by atoms with E-state index in [4.69, 9.17) is 19.9 Å². The van der Waals surface area contributed by atoms with Gasteiger partial charge in [0.15, 0.2) is 0 Å². The third-order valence-electron chi connectivity index (χ3n) is 8.22. The number of nitrogens with zero attached hydrogens (tertiary/aromatic N) is 6. The van der Waals surface area contributed by atoms with Gasteiger partial charge in [0, 0.05) is 34.9 Å². The SMILES string of the molecule is c1ccc(-c2cccc(-c3ccc(-n4c5cccnc5c5nc6c7ncccc7n(-c7ccccc7)c6cc54)cc3)n2)cc1. The molecule has 6 aromatic heterocycles. The van der Waals surface area contributed by atoms with Crippen LogP contribution in [0.1, 0.15) is 0 Å². The summed E-state index contributed by atoms with van der Waals surface area (Å²) in [4.78, 5) is 19.8. The lowest BCUT2D eigenvalue weighted by atomic mass is 10.1. The minimum Gasteiger partial charge on any atom is -0.306 e. The summed E-state index contributed by atoms with van der Waals surface area (Å²) >= 11 is 0. The number of fused-ring (bicyclic) bond motifs is 6. The lowest BCUT2D eigenvalue weighted by Gasteiger charge is -2.10. The Hall–Kier alpha value is -6.14. The van der Waals surface area contributed by atoms with Crippen molar-refractivity contribution in [3.05, 3.63) is 146 Å². The van der Waals surface area contributed by atoms with Crippen molar-refractivity contribution in [1.29, 1.82) is 0 Å². The van der Waals surface area contributed by atoms with Crippen molar-refractivity contribution < 1.29 is 0 Å². The van der Waals surface area contributed by atoms with Crippen molar-refractivity contribution >= 4 is 44.1 Å². The Morgan fingerprint density at radius 2 is 0.886 bits per heavy atom. The van der Waals surface area contributed by atoms with E-state index in [9.17, 15) is 0 Å². The molecule has 0 spiro atoms. The summed E-state index contributed by atoms with van der Waals surface area (Å²) in [6.45, 7) is 0. The molecule has 0 N–H and O–H groups in total. The third kappa shape index (κ3) is 3.75. The third-order valence-corrected chi connectivity index (χ3v) is 8.22. The predicted octanol–water partition coefficient (Wildman–Crippen LogP) is 8.79. The second-order valence-electron chi connectivity index (χ2n) is 10.8. The summed E-state index contributed by atoms with van der Waals surface area (Å²) in [5.41, 5.74) is 13.6. The van der Waals surface area contributed by atoms with E-state index in [1.54, 1.807) is 0 Å². The Kier molecular flexibility index (Phi) is 5.40.